The summed E-state index contributed by atoms with van der Waals surface area (Å²) in [4.78, 5) is 26.3. The van der Waals surface area contributed by atoms with Gasteiger partial charge in [0.1, 0.15) is 30.0 Å². The molecule has 6 aliphatic rings. The highest BCUT2D eigenvalue weighted by atomic mass is 16.7. The average Bonchev–Trinajstić information content (AvgIpc) is 3.65. The fourth-order valence-electron chi connectivity index (χ4n) is 9.37. The van der Waals surface area contributed by atoms with E-state index in [9.17, 15) is 14.7 Å². The highest BCUT2D eigenvalue weighted by Crippen LogP contribution is 2.75. The van der Waals surface area contributed by atoms with Crippen molar-refractivity contribution in [3.63, 3.8) is 0 Å². The molecule has 34 heavy (non-hydrogen) atoms. The van der Waals surface area contributed by atoms with Gasteiger partial charge in [0, 0.05) is 23.7 Å². The van der Waals surface area contributed by atoms with Crippen LogP contribution in [0.4, 0.5) is 0 Å². The van der Waals surface area contributed by atoms with Crippen molar-refractivity contribution in [3.8, 4) is 0 Å². The number of esters is 1. The smallest absolute Gasteiger partial charge is 0.303 e. The van der Waals surface area contributed by atoms with Gasteiger partial charge in [-0.25, -0.2) is 0 Å². The number of Topliss-reactive ketones (excluding diaryl/α,β-unsaturated/α-hetero) is 1. The molecule has 4 aliphatic carbocycles. The highest BCUT2D eigenvalue weighted by molar-refractivity contribution is 5.94. The summed E-state index contributed by atoms with van der Waals surface area (Å²) in [7, 11) is 0. The molecule has 1 aromatic rings. The molecule has 0 amide bonds. The Labute approximate surface area is 198 Å². The Kier molecular flexibility index (Phi) is 3.91. The van der Waals surface area contributed by atoms with Crippen LogP contribution in [0, 0.1) is 28.1 Å². The van der Waals surface area contributed by atoms with Gasteiger partial charge in [-0.1, -0.05) is 32.4 Å². The molecule has 2 aliphatic heterocycles. The summed E-state index contributed by atoms with van der Waals surface area (Å²) in [6, 6.07) is 2.03. The lowest BCUT2D eigenvalue weighted by molar-refractivity contribution is -0.232. The van der Waals surface area contributed by atoms with Gasteiger partial charge in [0.25, 0.3) is 0 Å². The van der Waals surface area contributed by atoms with E-state index in [0.29, 0.717) is 6.61 Å². The second-order valence-electron chi connectivity index (χ2n) is 12.1. The minimum atomic E-state index is -0.947. The number of hydrogen-bond donors (Lipinski definition) is 1. The lowest BCUT2D eigenvalue weighted by Crippen LogP contribution is -2.73. The summed E-state index contributed by atoms with van der Waals surface area (Å²) >= 11 is 0. The van der Waals surface area contributed by atoms with Gasteiger partial charge in [-0.3, -0.25) is 9.59 Å². The Hall–Kier alpha value is -1.96. The number of allylic oxidation sites excluding steroid dienone is 1. The van der Waals surface area contributed by atoms with Crippen LogP contribution in [-0.2, 0) is 23.8 Å². The van der Waals surface area contributed by atoms with Crippen molar-refractivity contribution in [2.24, 2.45) is 28.1 Å². The number of hydrogen-bond acceptors (Lipinski definition) is 7. The Morgan fingerprint density at radius 1 is 1.24 bits per heavy atom. The number of rotatable bonds is 2. The molecule has 7 heteroatoms. The van der Waals surface area contributed by atoms with E-state index in [2.05, 4.69) is 19.9 Å². The third kappa shape index (κ3) is 2.21. The van der Waals surface area contributed by atoms with E-state index in [-0.39, 0.29) is 29.1 Å². The highest BCUT2D eigenvalue weighted by Gasteiger charge is 2.85. The first-order valence-corrected chi connectivity index (χ1v) is 12.5. The van der Waals surface area contributed by atoms with E-state index in [1.54, 1.807) is 6.26 Å². The normalized spacial score (nSPS) is 54.4. The molecule has 0 radical (unpaired) electrons. The number of aliphatic hydroxyl groups excluding tert-OH is 1. The SMILES string of the molecule is CC(=O)OC1C(O)C2(C)C3=CCC(c4ccoc4)C3(C)CCC2C2(C)C(=O)C3OC3C3(CO3)C12. The van der Waals surface area contributed by atoms with Crippen molar-refractivity contribution >= 4 is 11.8 Å². The third-order valence-corrected chi connectivity index (χ3v) is 10.8. The number of furan rings is 1. The van der Waals surface area contributed by atoms with Crippen LogP contribution >= 0.6 is 0 Å². The molecule has 7 nitrogen and oxygen atoms in total. The van der Waals surface area contributed by atoms with Crippen molar-refractivity contribution in [1.82, 2.24) is 0 Å². The standard InChI is InChI=1S/C27H32O7/c1-13(28)33-18-20-26(4,22(30)19-23(34-19)27(20)12-32-27)17-7-9-24(2)15(14-8-10-31-11-14)5-6-16(24)25(17,3)21(18)29/h6,8,10-11,15,17-21,23,29H,5,7,9,12H2,1-4H3. The summed E-state index contributed by atoms with van der Waals surface area (Å²) in [6.45, 7) is 8.24. The van der Waals surface area contributed by atoms with Crippen molar-refractivity contribution in [2.45, 2.75) is 82.9 Å². The van der Waals surface area contributed by atoms with Gasteiger partial charge in [0.05, 0.1) is 19.1 Å². The van der Waals surface area contributed by atoms with Gasteiger partial charge in [0.2, 0.25) is 0 Å². The number of epoxide rings is 2. The molecule has 0 aromatic carbocycles. The summed E-state index contributed by atoms with van der Waals surface area (Å²) in [5, 5.41) is 12.1. The Bertz CT molecular complexity index is 1120. The first kappa shape index (κ1) is 21.3. The van der Waals surface area contributed by atoms with E-state index in [4.69, 9.17) is 18.6 Å². The summed E-state index contributed by atoms with van der Waals surface area (Å²) in [5.74, 6) is -0.652. The molecular weight excluding hydrogens is 436 g/mol. The van der Waals surface area contributed by atoms with Gasteiger partial charge in [-0.15, -0.1) is 0 Å². The molecule has 11 atom stereocenters. The number of ketones is 1. The first-order chi connectivity index (χ1) is 16.1. The Morgan fingerprint density at radius 3 is 2.65 bits per heavy atom. The lowest BCUT2D eigenvalue weighted by atomic mass is 9.38. The molecule has 3 heterocycles. The van der Waals surface area contributed by atoms with Crippen molar-refractivity contribution in [1.29, 1.82) is 0 Å². The van der Waals surface area contributed by atoms with Crippen LogP contribution in [0.5, 0.6) is 0 Å². The van der Waals surface area contributed by atoms with Gasteiger partial charge < -0.3 is 23.7 Å². The zero-order chi connectivity index (χ0) is 23.8. The molecule has 5 fully saturated rings. The van der Waals surface area contributed by atoms with Crippen LogP contribution in [0.2, 0.25) is 0 Å². The molecule has 11 unspecified atom stereocenters. The fourth-order valence-corrected chi connectivity index (χ4v) is 9.37. The van der Waals surface area contributed by atoms with Gasteiger partial charge in [0.15, 0.2) is 5.78 Å². The lowest BCUT2D eigenvalue weighted by Gasteiger charge is -2.66. The van der Waals surface area contributed by atoms with Crippen LogP contribution in [0.1, 0.15) is 58.4 Å². The minimum absolute atomic E-state index is 0.0810. The number of carbonyl (C=O) groups excluding carboxylic acids is 2. The molecular formula is C27H32O7. The molecule has 0 bridgehead atoms. The van der Waals surface area contributed by atoms with Crippen LogP contribution in [-0.4, -0.2) is 53.5 Å². The topological polar surface area (TPSA) is 102 Å². The summed E-state index contributed by atoms with van der Waals surface area (Å²) in [5.41, 5.74) is -0.0220. The maximum atomic E-state index is 14.0. The molecule has 1 aromatic heterocycles. The predicted molar refractivity (Wildman–Crippen MR) is 119 cm³/mol. The quantitative estimate of drug-likeness (QED) is 0.404. The van der Waals surface area contributed by atoms with E-state index >= 15 is 0 Å². The number of aliphatic hydroxyl groups is 1. The van der Waals surface area contributed by atoms with Gasteiger partial charge in [-0.2, -0.15) is 0 Å². The molecule has 182 valence electrons. The average molecular weight is 469 g/mol. The Balaban J connectivity index is 1.39. The molecule has 3 saturated carbocycles. The van der Waals surface area contributed by atoms with Crippen molar-refractivity contribution < 1.29 is 33.3 Å². The molecule has 7 rings (SSSR count). The number of carbonyl (C=O) groups is 2. The Morgan fingerprint density at radius 2 is 2.00 bits per heavy atom. The van der Waals surface area contributed by atoms with Crippen LogP contribution in [0.3, 0.4) is 0 Å². The summed E-state index contributed by atoms with van der Waals surface area (Å²) in [6.07, 6.45) is 5.84. The van der Waals surface area contributed by atoms with Crippen LogP contribution in [0.15, 0.2) is 34.7 Å². The zero-order valence-electron chi connectivity index (χ0n) is 20.1. The number of fused-ring (bicyclic) bond motifs is 8. The van der Waals surface area contributed by atoms with Crippen molar-refractivity contribution in [3.05, 3.63) is 35.8 Å². The molecule has 2 saturated heterocycles. The fraction of sp³-hybridized carbons (Fsp3) is 0.704. The van der Waals surface area contributed by atoms with Crippen molar-refractivity contribution in [2.75, 3.05) is 6.61 Å². The van der Waals surface area contributed by atoms with E-state index in [1.165, 1.54) is 12.5 Å². The van der Waals surface area contributed by atoms with Crippen LogP contribution in [0.25, 0.3) is 0 Å². The van der Waals surface area contributed by atoms with E-state index in [1.807, 2.05) is 19.3 Å². The zero-order valence-corrected chi connectivity index (χ0v) is 20.1. The number of ether oxygens (including phenoxy) is 3. The molecule has 1 N–H and O–H groups in total. The van der Waals surface area contributed by atoms with Crippen LogP contribution < -0.4 is 0 Å². The van der Waals surface area contributed by atoms with E-state index < -0.39 is 46.6 Å². The second kappa shape index (κ2) is 6.23. The minimum Gasteiger partial charge on any atom is -0.472 e. The molecule has 1 spiro atoms. The van der Waals surface area contributed by atoms with Gasteiger partial charge >= 0.3 is 5.97 Å². The first-order valence-electron chi connectivity index (χ1n) is 12.5. The predicted octanol–water partition coefficient (Wildman–Crippen LogP) is 3.16. The van der Waals surface area contributed by atoms with E-state index in [0.717, 1.165) is 24.8 Å². The largest absolute Gasteiger partial charge is 0.472 e. The maximum Gasteiger partial charge on any atom is 0.303 e. The third-order valence-electron chi connectivity index (χ3n) is 10.8. The summed E-state index contributed by atoms with van der Waals surface area (Å²) < 4.78 is 23.2. The maximum absolute atomic E-state index is 14.0. The van der Waals surface area contributed by atoms with Gasteiger partial charge in [-0.05, 0) is 48.1 Å². The second-order valence-corrected chi connectivity index (χ2v) is 12.1. The monoisotopic (exact) mass is 468 g/mol.